The van der Waals surface area contributed by atoms with Gasteiger partial charge < -0.3 is 10.6 Å². The summed E-state index contributed by atoms with van der Waals surface area (Å²) in [6, 6.07) is 3.20. The molecule has 21 heavy (non-hydrogen) atoms. The second-order valence-corrected chi connectivity index (χ2v) is 5.35. The molecule has 0 spiro atoms. The number of non-ortho nitro benzene ring substituents is 1. The Hall–Kier alpha value is -2.22. The van der Waals surface area contributed by atoms with Crippen molar-refractivity contribution in [2.75, 3.05) is 24.5 Å². The molecule has 0 aliphatic carbocycles. The third-order valence-electron chi connectivity index (χ3n) is 4.00. The van der Waals surface area contributed by atoms with Crippen LogP contribution in [-0.2, 0) is 0 Å². The van der Waals surface area contributed by atoms with Crippen LogP contribution in [0.3, 0.4) is 0 Å². The molecule has 0 amide bonds. The molecular formula is C13H17N5O3. The van der Waals surface area contributed by atoms with E-state index < -0.39 is 4.92 Å². The summed E-state index contributed by atoms with van der Waals surface area (Å²) in [7, 11) is 0. The summed E-state index contributed by atoms with van der Waals surface area (Å²) in [6.45, 7) is 2.47. The van der Waals surface area contributed by atoms with Crippen LogP contribution in [-0.4, -0.2) is 34.9 Å². The van der Waals surface area contributed by atoms with Gasteiger partial charge in [-0.25, -0.2) is 4.63 Å². The van der Waals surface area contributed by atoms with Crippen molar-refractivity contribution >= 4 is 22.4 Å². The number of nitrogens with two attached hydrogens (primary N) is 1. The fourth-order valence-electron chi connectivity index (χ4n) is 3.00. The molecule has 1 unspecified atom stereocenters. The van der Waals surface area contributed by atoms with Gasteiger partial charge in [-0.1, -0.05) is 0 Å². The van der Waals surface area contributed by atoms with E-state index >= 15 is 0 Å². The van der Waals surface area contributed by atoms with Crippen molar-refractivity contribution < 1.29 is 9.55 Å². The monoisotopic (exact) mass is 291 g/mol. The predicted octanol–water partition coefficient (Wildman–Crippen LogP) is 1.70. The molecule has 8 nitrogen and oxygen atoms in total. The van der Waals surface area contributed by atoms with Crippen molar-refractivity contribution in [1.29, 1.82) is 0 Å². The minimum Gasteiger partial charge on any atom is -0.369 e. The van der Waals surface area contributed by atoms with Gasteiger partial charge in [-0.15, -0.1) is 0 Å². The summed E-state index contributed by atoms with van der Waals surface area (Å²) in [5.74, 6) is 0.550. The highest BCUT2D eigenvalue weighted by atomic mass is 16.6. The number of fused-ring (bicyclic) bond motifs is 1. The van der Waals surface area contributed by atoms with Crippen molar-refractivity contribution in [3.05, 3.63) is 22.2 Å². The lowest BCUT2D eigenvalue weighted by Gasteiger charge is -2.34. The molecule has 0 radical (unpaired) electrons. The Morgan fingerprint density at radius 3 is 3.00 bits per heavy atom. The summed E-state index contributed by atoms with van der Waals surface area (Å²) < 4.78 is 4.71. The number of nitrogens with zero attached hydrogens (tertiary/aromatic N) is 4. The average molecular weight is 291 g/mol. The normalized spacial score (nSPS) is 19.1. The first kappa shape index (κ1) is 13.7. The molecular weight excluding hydrogens is 274 g/mol. The zero-order chi connectivity index (χ0) is 14.8. The third-order valence-corrected chi connectivity index (χ3v) is 4.00. The first-order valence-electron chi connectivity index (χ1n) is 7.05. The number of nitro benzene ring substituents is 1. The van der Waals surface area contributed by atoms with Gasteiger partial charge in [0.1, 0.15) is 0 Å². The molecule has 0 bridgehead atoms. The summed E-state index contributed by atoms with van der Waals surface area (Å²) in [6.07, 6.45) is 3.24. The Kier molecular flexibility index (Phi) is 3.70. The van der Waals surface area contributed by atoms with E-state index in [1.807, 2.05) is 0 Å². The molecule has 1 aromatic heterocycles. The van der Waals surface area contributed by atoms with Gasteiger partial charge in [0.2, 0.25) is 5.52 Å². The van der Waals surface area contributed by atoms with Gasteiger partial charge in [0.15, 0.2) is 5.52 Å². The van der Waals surface area contributed by atoms with Crippen molar-refractivity contribution in [2.45, 2.75) is 19.3 Å². The third kappa shape index (κ3) is 2.54. The van der Waals surface area contributed by atoms with Crippen LogP contribution < -0.4 is 10.6 Å². The number of nitro groups is 1. The Labute approximate surface area is 121 Å². The van der Waals surface area contributed by atoms with Gasteiger partial charge in [0.25, 0.3) is 0 Å². The van der Waals surface area contributed by atoms with Crippen LogP contribution >= 0.6 is 0 Å². The molecule has 1 aliphatic heterocycles. The Morgan fingerprint density at radius 1 is 1.43 bits per heavy atom. The van der Waals surface area contributed by atoms with Crippen LogP contribution in [0.4, 0.5) is 11.4 Å². The Morgan fingerprint density at radius 2 is 2.24 bits per heavy atom. The van der Waals surface area contributed by atoms with Gasteiger partial charge in [-0.3, -0.25) is 10.1 Å². The molecule has 1 aromatic carbocycles. The molecule has 1 fully saturated rings. The molecule has 1 saturated heterocycles. The van der Waals surface area contributed by atoms with E-state index in [0.29, 0.717) is 18.0 Å². The van der Waals surface area contributed by atoms with Gasteiger partial charge >= 0.3 is 5.69 Å². The number of aromatic nitrogens is 2. The number of rotatable bonds is 4. The maximum atomic E-state index is 11.0. The van der Waals surface area contributed by atoms with Crippen LogP contribution in [0.1, 0.15) is 19.3 Å². The quantitative estimate of drug-likeness (QED) is 0.674. The molecule has 2 N–H and O–H groups in total. The van der Waals surface area contributed by atoms with E-state index in [1.54, 1.807) is 6.07 Å². The lowest BCUT2D eigenvalue weighted by Crippen LogP contribution is -2.36. The van der Waals surface area contributed by atoms with E-state index in [1.165, 1.54) is 12.5 Å². The van der Waals surface area contributed by atoms with E-state index in [4.69, 9.17) is 10.4 Å². The molecule has 112 valence electrons. The second-order valence-electron chi connectivity index (χ2n) is 5.35. The molecule has 1 aliphatic rings. The Bertz CT molecular complexity index is 654. The van der Waals surface area contributed by atoms with Gasteiger partial charge in [-0.2, -0.15) is 0 Å². The zero-order valence-electron chi connectivity index (χ0n) is 11.6. The van der Waals surface area contributed by atoms with Crippen molar-refractivity contribution in [1.82, 2.24) is 10.3 Å². The molecule has 2 heterocycles. The highest BCUT2D eigenvalue weighted by Crippen LogP contribution is 2.33. The summed E-state index contributed by atoms with van der Waals surface area (Å²) in [5.41, 5.74) is 7.07. The lowest BCUT2D eigenvalue weighted by atomic mass is 9.94. The van der Waals surface area contributed by atoms with E-state index in [0.717, 1.165) is 31.6 Å². The van der Waals surface area contributed by atoms with Crippen LogP contribution in [0.25, 0.3) is 11.0 Å². The van der Waals surface area contributed by atoms with Gasteiger partial charge in [-0.05, 0) is 48.1 Å². The van der Waals surface area contributed by atoms with Crippen molar-refractivity contribution in [2.24, 2.45) is 11.7 Å². The van der Waals surface area contributed by atoms with Crippen molar-refractivity contribution in [3.63, 3.8) is 0 Å². The number of hydrogen-bond acceptors (Lipinski definition) is 7. The average Bonchev–Trinajstić information content (AvgIpc) is 2.96. The number of piperidine rings is 1. The molecule has 8 heteroatoms. The fraction of sp³-hybridized carbons (Fsp3) is 0.538. The number of benzene rings is 1. The summed E-state index contributed by atoms with van der Waals surface area (Å²) in [5, 5.41) is 18.5. The maximum Gasteiger partial charge on any atom is 0.300 e. The van der Waals surface area contributed by atoms with Gasteiger partial charge in [0.05, 0.1) is 10.6 Å². The second kappa shape index (κ2) is 5.65. The number of anilines is 1. The molecule has 1 atom stereocenters. The number of hydrogen-bond donors (Lipinski definition) is 1. The fourth-order valence-corrected chi connectivity index (χ4v) is 3.00. The standard InChI is InChI=1S/C13H17N5O3/c14-6-5-9-2-1-7-17(8-9)10-3-4-11(18(19)20)13-12(10)15-21-16-13/h3-4,9H,1-2,5-8,14H2. The molecule has 0 saturated carbocycles. The molecule has 2 aromatic rings. The van der Waals surface area contributed by atoms with E-state index in [2.05, 4.69) is 15.2 Å². The largest absolute Gasteiger partial charge is 0.369 e. The molecule has 3 rings (SSSR count). The van der Waals surface area contributed by atoms with Crippen molar-refractivity contribution in [3.8, 4) is 0 Å². The predicted molar refractivity (Wildman–Crippen MR) is 77.1 cm³/mol. The lowest BCUT2D eigenvalue weighted by molar-refractivity contribution is -0.383. The maximum absolute atomic E-state index is 11.0. The van der Waals surface area contributed by atoms with Crippen LogP contribution in [0.2, 0.25) is 0 Å². The SMILES string of the molecule is NCCC1CCCN(c2ccc([N+](=O)[O-])c3nonc23)C1. The summed E-state index contributed by atoms with van der Waals surface area (Å²) in [4.78, 5) is 12.7. The topological polar surface area (TPSA) is 111 Å². The van der Waals surface area contributed by atoms with E-state index in [9.17, 15) is 10.1 Å². The van der Waals surface area contributed by atoms with Gasteiger partial charge in [0, 0.05) is 19.2 Å². The minimum atomic E-state index is -0.469. The van der Waals surface area contributed by atoms with E-state index in [-0.39, 0.29) is 11.2 Å². The smallest absolute Gasteiger partial charge is 0.300 e. The first-order valence-corrected chi connectivity index (χ1v) is 7.05. The summed E-state index contributed by atoms with van der Waals surface area (Å²) >= 11 is 0. The van der Waals surface area contributed by atoms with Crippen LogP contribution in [0.5, 0.6) is 0 Å². The Balaban J connectivity index is 1.95. The van der Waals surface area contributed by atoms with Crippen LogP contribution in [0.15, 0.2) is 16.8 Å². The minimum absolute atomic E-state index is 0.0782. The highest BCUT2D eigenvalue weighted by Gasteiger charge is 2.25. The zero-order valence-corrected chi connectivity index (χ0v) is 11.6. The highest BCUT2D eigenvalue weighted by molar-refractivity contribution is 5.93. The van der Waals surface area contributed by atoms with Crippen LogP contribution in [0, 0.1) is 16.0 Å². The first-order chi connectivity index (χ1) is 10.2.